The number of amides is 1. The highest BCUT2D eigenvalue weighted by Gasteiger charge is 2.45. The Morgan fingerprint density at radius 2 is 2.00 bits per heavy atom. The normalized spacial score (nSPS) is 21.2. The van der Waals surface area contributed by atoms with E-state index in [1.54, 1.807) is 6.20 Å². The van der Waals surface area contributed by atoms with Crippen LogP contribution in [0, 0.1) is 0 Å². The Morgan fingerprint density at radius 3 is 2.71 bits per heavy atom. The molecule has 150 valence electrons. The van der Waals surface area contributed by atoms with Gasteiger partial charge in [0.25, 0.3) is 0 Å². The Balaban J connectivity index is 1.48. The van der Waals surface area contributed by atoms with Crippen molar-refractivity contribution < 1.29 is 14.1 Å². The van der Waals surface area contributed by atoms with Crippen molar-refractivity contribution in [2.75, 3.05) is 26.3 Å². The fourth-order valence-electron chi connectivity index (χ4n) is 4.22. The summed E-state index contributed by atoms with van der Waals surface area (Å²) in [6.45, 7) is 4.84. The van der Waals surface area contributed by atoms with E-state index in [1.165, 1.54) is 6.42 Å². The Bertz CT molecular complexity index is 782. The molecule has 0 aromatic carbocycles. The molecule has 1 N–H and O–H groups in total. The highest BCUT2D eigenvalue weighted by Crippen LogP contribution is 2.35. The summed E-state index contributed by atoms with van der Waals surface area (Å²) in [5.41, 5.74) is 0.188. The lowest BCUT2D eigenvalue weighted by Crippen LogP contribution is -2.62. The summed E-state index contributed by atoms with van der Waals surface area (Å²) in [5.74, 6) is 0.874. The average Bonchev–Trinajstić information content (AvgIpc) is 3.26. The van der Waals surface area contributed by atoms with Crippen molar-refractivity contribution in [2.45, 2.75) is 50.6 Å². The van der Waals surface area contributed by atoms with E-state index in [2.05, 4.69) is 25.3 Å². The van der Waals surface area contributed by atoms with Crippen LogP contribution in [0.2, 0.25) is 0 Å². The zero-order chi connectivity index (χ0) is 19.4. The van der Waals surface area contributed by atoms with Gasteiger partial charge in [-0.15, -0.1) is 0 Å². The van der Waals surface area contributed by atoms with Crippen LogP contribution < -0.4 is 5.32 Å². The Kier molecular flexibility index (Phi) is 5.68. The van der Waals surface area contributed by atoms with E-state index in [-0.39, 0.29) is 11.9 Å². The number of hydrogen-bond acceptors (Lipinski definition) is 7. The van der Waals surface area contributed by atoms with Gasteiger partial charge in [-0.1, -0.05) is 30.5 Å². The van der Waals surface area contributed by atoms with Gasteiger partial charge in [-0.05, 0) is 31.9 Å². The molecule has 8 nitrogen and oxygen atoms in total. The standard InChI is InChI=1S/C20H27N5O3/c1-15(18-23-17(24-28-18)16-7-3-6-10-21-16)22-19(26)20(8-4-2-5-9-20)25-11-13-27-14-12-25/h3,6-7,10,15H,2,4-5,8-9,11-14H2,1H3,(H,22,26). The maximum atomic E-state index is 13.4. The lowest BCUT2D eigenvalue weighted by Gasteiger charge is -2.46. The van der Waals surface area contributed by atoms with Crippen molar-refractivity contribution >= 4 is 5.91 Å². The Morgan fingerprint density at radius 1 is 1.21 bits per heavy atom. The number of carbonyl (C=O) groups excluding carboxylic acids is 1. The van der Waals surface area contributed by atoms with Crippen molar-refractivity contribution in [3.8, 4) is 11.5 Å². The van der Waals surface area contributed by atoms with E-state index in [0.717, 1.165) is 38.8 Å². The molecule has 8 heteroatoms. The first-order chi connectivity index (χ1) is 13.7. The van der Waals surface area contributed by atoms with Gasteiger partial charge in [-0.25, -0.2) is 0 Å². The molecule has 1 unspecified atom stereocenters. The van der Waals surface area contributed by atoms with Crippen LogP contribution in [0.5, 0.6) is 0 Å². The quantitative estimate of drug-likeness (QED) is 0.844. The molecule has 1 atom stereocenters. The van der Waals surface area contributed by atoms with E-state index in [1.807, 2.05) is 25.1 Å². The highest BCUT2D eigenvalue weighted by atomic mass is 16.5. The number of nitrogens with one attached hydrogen (secondary N) is 1. The second-order valence-electron chi connectivity index (χ2n) is 7.56. The summed E-state index contributed by atoms with van der Waals surface area (Å²) in [4.78, 5) is 24.4. The minimum Gasteiger partial charge on any atom is -0.379 e. The molecule has 1 saturated carbocycles. The predicted molar refractivity (Wildman–Crippen MR) is 102 cm³/mol. The third kappa shape index (κ3) is 3.79. The van der Waals surface area contributed by atoms with Gasteiger partial charge in [-0.2, -0.15) is 4.98 Å². The van der Waals surface area contributed by atoms with E-state index < -0.39 is 5.54 Å². The van der Waals surface area contributed by atoms with Gasteiger partial charge >= 0.3 is 0 Å². The number of pyridine rings is 1. The van der Waals surface area contributed by atoms with Crippen LogP contribution in [0.3, 0.4) is 0 Å². The summed E-state index contributed by atoms with van der Waals surface area (Å²) in [6.07, 6.45) is 6.79. The second kappa shape index (κ2) is 8.36. The maximum Gasteiger partial charge on any atom is 0.249 e. The third-order valence-electron chi connectivity index (χ3n) is 5.77. The number of aromatic nitrogens is 3. The van der Waals surface area contributed by atoms with E-state index in [0.29, 0.717) is 30.6 Å². The van der Waals surface area contributed by atoms with Gasteiger partial charge in [0.05, 0.1) is 13.2 Å². The summed E-state index contributed by atoms with van der Waals surface area (Å²) < 4.78 is 10.9. The SMILES string of the molecule is CC(NC(=O)C1(N2CCOCC2)CCCCC1)c1nc(-c2ccccn2)no1. The molecule has 1 amide bonds. The third-order valence-corrected chi connectivity index (χ3v) is 5.77. The van der Waals surface area contributed by atoms with Crippen LogP contribution in [0.25, 0.3) is 11.5 Å². The molecule has 2 aromatic rings. The van der Waals surface area contributed by atoms with Crippen LogP contribution in [-0.4, -0.2) is 57.8 Å². The second-order valence-corrected chi connectivity index (χ2v) is 7.56. The number of morpholine rings is 1. The molecule has 4 rings (SSSR count). The van der Waals surface area contributed by atoms with E-state index in [9.17, 15) is 4.79 Å². The number of carbonyl (C=O) groups is 1. The topological polar surface area (TPSA) is 93.4 Å². The van der Waals surface area contributed by atoms with Gasteiger partial charge in [0.1, 0.15) is 17.3 Å². The van der Waals surface area contributed by atoms with Gasteiger partial charge in [0.2, 0.25) is 17.6 Å². The molecule has 0 bridgehead atoms. The van der Waals surface area contributed by atoms with Gasteiger partial charge < -0.3 is 14.6 Å². The number of rotatable bonds is 5. The van der Waals surface area contributed by atoms with Crippen molar-refractivity contribution in [3.63, 3.8) is 0 Å². The first-order valence-corrected chi connectivity index (χ1v) is 10.1. The number of ether oxygens (including phenoxy) is 1. The zero-order valence-corrected chi connectivity index (χ0v) is 16.3. The average molecular weight is 385 g/mol. The van der Waals surface area contributed by atoms with Crippen LogP contribution in [0.4, 0.5) is 0 Å². The Labute approximate surface area is 164 Å². The van der Waals surface area contributed by atoms with Gasteiger partial charge in [-0.3, -0.25) is 14.7 Å². The van der Waals surface area contributed by atoms with Crippen LogP contribution >= 0.6 is 0 Å². The summed E-state index contributed by atoms with van der Waals surface area (Å²) in [5, 5.41) is 7.14. The molecule has 1 aliphatic carbocycles. The smallest absolute Gasteiger partial charge is 0.249 e. The fraction of sp³-hybridized carbons (Fsp3) is 0.600. The molecule has 0 radical (unpaired) electrons. The first kappa shape index (κ1) is 19.0. The largest absolute Gasteiger partial charge is 0.379 e. The van der Waals surface area contributed by atoms with E-state index in [4.69, 9.17) is 9.26 Å². The van der Waals surface area contributed by atoms with Crippen LogP contribution in [0.1, 0.15) is 51.0 Å². The first-order valence-electron chi connectivity index (χ1n) is 10.1. The molecule has 1 aliphatic heterocycles. The molecular weight excluding hydrogens is 358 g/mol. The molecule has 28 heavy (non-hydrogen) atoms. The van der Waals surface area contributed by atoms with Crippen molar-refractivity contribution in [1.29, 1.82) is 0 Å². The van der Waals surface area contributed by atoms with Crippen LogP contribution in [-0.2, 0) is 9.53 Å². The minimum atomic E-state index is -0.458. The molecule has 2 fully saturated rings. The van der Waals surface area contributed by atoms with Crippen molar-refractivity contribution in [3.05, 3.63) is 30.3 Å². The number of hydrogen-bond donors (Lipinski definition) is 1. The summed E-state index contributed by atoms with van der Waals surface area (Å²) in [7, 11) is 0. The highest BCUT2D eigenvalue weighted by molar-refractivity contribution is 5.86. The maximum absolute atomic E-state index is 13.4. The van der Waals surface area contributed by atoms with Gasteiger partial charge in [0.15, 0.2) is 0 Å². The molecule has 0 spiro atoms. The summed E-state index contributed by atoms with van der Waals surface area (Å²) in [6, 6.07) is 5.17. The van der Waals surface area contributed by atoms with Crippen molar-refractivity contribution in [1.82, 2.24) is 25.3 Å². The van der Waals surface area contributed by atoms with Crippen LogP contribution in [0.15, 0.2) is 28.9 Å². The minimum absolute atomic E-state index is 0.0548. The fourth-order valence-corrected chi connectivity index (χ4v) is 4.22. The number of nitrogens with zero attached hydrogens (tertiary/aromatic N) is 4. The molecular formula is C20H27N5O3. The van der Waals surface area contributed by atoms with Gasteiger partial charge in [0, 0.05) is 19.3 Å². The predicted octanol–water partition coefficient (Wildman–Crippen LogP) is 2.34. The lowest BCUT2D eigenvalue weighted by molar-refractivity contribution is -0.141. The summed E-state index contributed by atoms with van der Waals surface area (Å²) >= 11 is 0. The molecule has 3 heterocycles. The zero-order valence-electron chi connectivity index (χ0n) is 16.3. The monoisotopic (exact) mass is 385 g/mol. The van der Waals surface area contributed by atoms with Crippen molar-refractivity contribution in [2.24, 2.45) is 0 Å². The lowest BCUT2D eigenvalue weighted by atomic mass is 9.79. The van der Waals surface area contributed by atoms with E-state index >= 15 is 0 Å². The Hall–Kier alpha value is -2.32. The molecule has 1 saturated heterocycles. The molecule has 2 aliphatic rings. The molecule has 2 aromatic heterocycles.